The van der Waals surface area contributed by atoms with Crippen molar-refractivity contribution in [3.8, 4) is 5.75 Å². The monoisotopic (exact) mass is 290 g/mol. The van der Waals surface area contributed by atoms with Crippen LogP contribution in [-0.2, 0) is 27.8 Å². The number of benzene rings is 1. The van der Waals surface area contributed by atoms with E-state index >= 15 is 0 Å². The number of phenols is 1. The average Bonchev–Trinajstić information content (AvgIpc) is 2.42. The first kappa shape index (κ1) is 17.3. The van der Waals surface area contributed by atoms with E-state index in [1.165, 1.54) is 0 Å². The molecule has 0 heterocycles. The van der Waals surface area contributed by atoms with E-state index in [0.29, 0.717) is 18.6 Å². The predicted octanol–water partition coefficient (Wildman–Crippen LogP) is 3.91. The maximum absolute atomic E-state index is 11.6. The third-order valence-corrected chi connectivity index (χ3v) is 3.42. The molecule has 0 amide bonds. The molecule has 116 valence electrons. The molecule has 0 fully saturated rings. The first-order valence-corrected chi connectivity index (χ1v) is 7.41. The van der Waals surface area contributed by atoms with E-state index in [4.69, 9.17) is 4.74 Å². The van der Waals surface area contributed by atoms with Crippen LogP contribution >= 0.6 is 0 Å². The quantitative estimate of drug-likeness (QED) is 0.638. The second-order valence-corrected chi connectivity index (χ2v) is 6.23. The highest BCUT2D eigenvalue weighted by Crippen LogP contribution is 2.35. The molecular formula is C18H26O3. The number of carbonyl (C=O) groups is 1. The molecular weight excluding hydrogens is 264 g/mol. The molecule has 0 aliphatic carbocycles. The third-order valence-electron chi connectivity index (χ3n) is 3.42. The number of hydrogen-bond donors (Lipinski definition) is 1. The van der Waals surface area contributed by atoms with Crippen molar-refractivity contribution in [2.75, 3.05) is 6.61 Å². The second kappa shape index (κ2) is 7.30. The van der Waals surface area contributed by atoms with E-state index in [-0.39, 0.29) is 18.0 Å². The standard InChI is InChI=1S/C18H26O3/c1-6-10-21-16(19)9-8-13-11-14(7-2)17(20)15(12-13)18(3,4)5/h6,11-12,20H,1,7-10H2,2-5H3. The summed E-state index contributed by atoms with van der Waals surface area (Å²) in [6, 6.07) is 3.97. The summed E-state index contributed by atoms with van der Waals surface area (Å²) in [5.74, 6) is 0.154. The maximum atomic E-state index is 11.6. The molecule has 1 N–H and O–H groups in total. The minimum Gasteiger partial charge on any atom is -0.507 e. The lowest BCUT2D eigenvalue weighted by atomic mass is 9.83. The van der Waals surface area contributed by atoms with Gasteiger partial charge in [-0.25, -0.2) is 0 Å². The molecule has 21 heavy (non-hydrogen) atoms. The summed E-state index contributed by atoms with van der Waals surface area (Å²) in [5, 5.41) is 10.3. The molecule has 1 rings (SSSR count). The Morgan fingerprint density at radius 1 is 1.38 bits per heavy atom. The van der Waals surface area contributed by atoms with E-state index in [9.17, 15) is 9.90 Å². The van der Waals surface area contributed by atoms with Gasteiger partial charge in [0, 0.05) is 6.42 Å². The van der Waals surface area contributed by atoms with Crippen LogP contribution in [0.25, 0.3) is 0 Å². The highest BCUT2D eigenvalue weighted by molar-refractivity contribution is 5.69. The molecule has 1 aromatic carbocycles. The van der Waals surface area contributed by atoms with Crippen LogP contribution in [0.5, 0.6) is 5.75 Å². The van der Waals surface area contributed by atoms with Crippen molar-refractivity contribution >= 4 is 5.97 Å². The molecule has 0 bridgehead atoms. The van der Waals surface area contributed by atoms with Crippen molar-refractivity contribution in [2.24, 2.45) is 0 Å². The molecule has 0 atom stereocenters. The SMILES string of the molecule is C=CCOC(=O)CCc1cc(CC)c(O)c(C(C)(C)C)c1. The van der Waals surface area contributed by atoms with Crippen molar-refractivity contribution < 1.29 is 14.6 Å². The van der Waals surface area contributed by atoms with Crippen LogP contribution < -0.4 is 0 Å². The minimum atomic E-state index is -0.224. The molecule has 1 aromatic rings. The van der Waals surface area contributed by atoms with Crippen molar-refractivity contribution in [2.45, 2.75) is 52.4 Å². The Balaban J connectivity index is 2.93. The van der Waals surface area contributed by atoms with Gasteiger partial charge in [-0.3, -0.25) is 4.79 Å². The molecule has 0 saturated heterocycles. The van der Waals surface area contributed by atoms with Gasteiger partial charge >= 0.3 is 5.97 Å². The molecule has 0 aliphatic rings. The molecule has 0 aliphatic heterocycles. The summed E-state index contributed by atoms with van der Waals surface area (Å²) in [6.07, 6.45) is 3.28. The van der Waals surface area contributed by atoms with Crippen LogP contribution in [0.2, 0.25) is 0 Å². The van der Waals surface area contributed by atoms with E-state index in [1.54, 1.807) is 6.08 Å². The Kier molecular flexibility index (Phi) is 6.01. The van der Waals surface area contributed by atoms with Gasteiger partial charge in [0.1, 0.15) is 12.4 Å². The maximum Gasteiger partial charge on any atom is 0.306 e. The summed E-state index contributed by atoms with van der Waals surface area (Å²) < 4.78 is 4.98. The fourth-order valence-corrected chi connectivity index (χ4v) is 2.22. The number of ether oxygens (including phenoxy) is 1. The smallest absolute Gasteiger partial charge is 0.306 e. The predicted molar refractivity (Wildman–Crippen MR) is 85.7 cm³/mol. The van der Waals surface area contributed by atoms with E-state index in [2.05, 4.69) is 27.4 Å². The minimum absolute atomic E-state index is 0.132. The number of aromatic hydroxyl groups is 1. The lowest BCUT2D eigenvalue weighted by Crippen LogP contribution is -2.13. The van der Waals surface area contributed by atoms with Gasteiger partial charge in [-0.2, -0.15) is 0 Å². The fourth-order valence-electron chi connectivity index (χ4n) is 2.22. The largest absolute Gasteiger partial charge is 0.507 e. The lowest BCUT2D eigenvalue weighted by Gasteiger charge is -2.23. The fraction of sp³-hybridized carbons (Fsp3) is 0.500. The van der Waals surface area contributed by atoms with E-state index < -0.39 is 0 Å². The topological polar surface area (TPSA) is 46.5 Å². The van der Waals surface area contributed by atoms with Crippen molar-refractivity contribution in [1.29, 1.82) is 0 Å². The molecule has 0 aromatic heterocycles. The molecule has 0 saturated carbocycles. The van der Waals surface area contributed by atoms with Crippen molar-refractivity contribution in [3.05, 3.63) is 41.5 Å². The zero-order chi connectivity index (χ0) is 16.0. The van der Waals surface area contributed by atoms with Gasteiger partial charge in [0.05, 0.1) is 0 Å². The molecule has 0 unspecified atom stereocenters. The van der Waals surface area contributed by atoms with Gasteiger partial charge in [0.25, 0.3) is 0 Å². The lowest BCUT2D eigenvalue weighted by molar-refractivity contribution is -0.142. The van der Waals surface area contributed by atoms with Gasteiger partial charge in [-0.1, -0.05) is 52.5 Å². The highest BCUT2D eigenvalue weighted by Gasteiger charge is 2.21. The Bertz CT molecular complexity index is 510. The van der Waals surface area contributed by atoms with Crippen LogP contribution in [0.1, 0.15) is 50.8 Å². The zero-order valence-corrected chi connectivity index (χ0v) is 13.5. The van der Waals surface area contributed by atoms with Gasteiger partial charge in [-0.15, -0.1) is 0 Å². The summed E-state index contributed by atoms with van der Waals surface area (Å²) in [7, 11) is 0. The number of hydrogen-bond acceptors (Lipinski definition) is 3. The Morgan fingerprint density at radius 2 is 2.05 bits per heavy atom. The highest BCUT2D eigenvalue weighted by atomic mass is 16.5. The first-order valence-electron chi connectivity index (χ1n) is 7.41. The Morgan fingerprint density at radius 3 is 2.57 bits per heavy atom. The normalized spacial score (nSPS) is 11.2. The van der Waals surface area contributed by atoms with Crippen LogP contribution in [0.4, 0.5) is 0 Å². The second-order valence-electron chi connectivity index (χ2n) is 6.23. The van der Waals surface area contributed by atoms with Gasteiger partial charge < -0.3 is 9.84 Å². The molecule has 0 radical (unpaired) electrons. The van der Waals surface area contributed by atoms with Crippen LogP contribution in [-0.4, -0.2) is 17.7 Å². The number of esters is 1. The summed E-state index contributed by atoms with van der Waals surface area (Å²) in [6.45, 7) is 12.0. The molecule has 3 nitrogen and oxygen atoms in total. The van der Waals surface area contributed by atoms with Gasteiger partial charge in [-0.05, 0) is 34.9 Å². The average molecular weight is 290 g/mol. The van der Waals surface area contributed by atoms with Crippen molar-refractivity contribution in [3.63, 3.8) is 0 Å². The van der Waals surface area contributed by atoms with Gasteiger partial charge in [0.15, 0.2) is 0 Å². The molecule has 0 spiro atoms. The van der Waals surface area contributed by atoms with Crippen LogP contribution in [0, 0.1) is 0 Å². The number of phenolic OH excluding ortho intramolecular Hbond substituents is 1. The Hall–Kier alpha value is -1.77. The number of aryl methyl sites for hydroxylation is 2. The summed E-state index contributed by atoms with van der Waals surface area (Å²) in [4.78, 5) is 11.6. The molecule has 3 heteroatoms. The van der Waals surface area contributed by atoms with Gasteiger partial charge in [0.2, 0.25) is 0 Å². The summed E-state index contributed by atoms with van der Waals surface area (Å²) >= 11 is 0. The van der Waals surface area contributed by atoms with Crippen LogP contribution in [0.15, 0.2) is 24.8 Å². The van der Waals surface area contributed by atoms with Crippen LogP contribution in [0.3, 0.4) is 0 Å². The third kappa shape index (κ3) is 4.92. The van der Waals surface area contributed by atoms with E-state index in [0.717, 1.165) is 23.1 Å². The summed E-state index contributed by atoms with van der Waals surface area (Å²) in [5.41, 5.74) is 2.78. The van der Waals surface area contributed by atoms with E-state index in [1.807, 2.05) is 19.1 Å². The first-order chi connectivity index (χ1) is 9.79. The van der Waals surface area contributed by atoms with Crippen molar-refractivity contribution in [1.82, 2.24) is 0 Å². The number of rotatable bonds is 6. The number of carbonyl (C=O) groups excluding carboxylic acids is 1. The Labute approximate surface area is 127 Å². The zero-order valence-electron chi connectivity index (χ0n) is 13.5.